The average Bonchev–Trinajstić information content (AvgIpc) is 3.19. The summed E-state index contributed by atoms with van der Waals surface area (Å²) in [5.74, 6) is 4.33. The second kappa shape index (κ2) is 13.8. The maximum atomic E-state index is 14.1. The third kappa shape index (κ3) is 7.68. The summed E-state index contributed by atoms with van der Waals surface area (Å²) < 4.78 is 0. The molecular formula is C33H46OSi. The van der Waals surface area contributed by atoms with Gasteiger partial charge in [-0.15, -0.1) is 5.54 Å². The molecule has 3 rings (SSSR count). The fraction of sp³-hybridized carbons (Fsp3) is 0.545. The van der Waals surface area contributed by atoms with E-state index in [0.29, 0.717) is 5.78 Å². The standard InChI is InChI=1S/C33H46OSi/c1-4-7-23-35(24-8-5-2,25-9-6-3)26-22-33(28-30-18-14-11-15-19-30)21-20-31(32(33)34)27-29-16-12-10-13-17-29/h10-19,31H,4-9,20-21,23-25,27-28H2,1-3H3/t31-,33-/m1/s1. The van der Waals surface area contributed by atoms with Crippen LogP contribution >= 0.6 is 0 Å². The van der Waals surface area contributed by atoms with E-state index in [1.54, 1.807) is 0 Å². The van der Waals surface area contributed by atoms with E-state index >= 15 is 0 Å². The van der Waals surface area contributed by atoms with Crippen molar-refractivity contribution in [2.45, 2.75) is 103 Å². The number of benzene rings is 2. The second-order valence-electron chi connectivity index (χ2n) is 10.9. The lowest BCUT2D eigenvalue weighted by Crippen LogP contribution is -2.35. The molecule has 1 aliphatic rings. The van der Waals surface area contributed by atoms with Crippen LogP contribution in [0.4, 0.5) is 0 Å². The van der Waals surface area contributed by atoms with Gasteiger partial charge in [-0.05, 0) is 54.9 Å². The highest BCUT2D eigenvalue weighted by Crippen LogP contribution is 2.43. The molecule has 0 spiro atoms. The molecule has 0 aliphatic heterocycles. The van der Waals surface area contributed by atoms with E-state index in [1.165, 1.54) is 67.8 Å². The topological polar surface area (TPSA) is 17.1 Å². The van der Waals surface area contributed by atoms with Crippen molar-refractivity contribution in [2.24, 2.45) is 11.3 Å². The van der Waals surface area contributed by atoms with E-state index in [1.807, 2.05) is 0 Å². The molecule has 0 radical (unpaired) electrons. The smallest absolute Gasteiger partial charge is 0.154 e. The third-order valence-electron chi connectivity index (χ3n) is 8.03. The molecule has 0 N–H and O–H groups in total. The number of hydrogen-bond acceptors (Lipinski definition) is 1. The molecule has 0 unspecified atom stereocenters. The molecule has 2 aromatic carbocycles. The van der Waals surface area contributed by atoms with Gasteiger partial charge in [0.25, 0.3) is 0 Å². The Balaban J connectivity index is 1.96. The summed E-state index contributed by atoms with van der Waals surface area (Å²) >= 11 is 0. The van der Waals surface area contributed by atoms with Crippen LogP contribution in [0.2, 0.25) is 18.1 Å². The molecule has 1 aliphatic carbocycles. The predicted molar refractivity (Wildman–Crippen MR) is 153 cm³/mol. The largest absolute Gasteiger partial charge is 0.298 e. The second-order valence-corrected chi connectivity index (χ2v) is 15.2. The van der Waals surface area contributed by atoms with Crippen molar-refractivity contribution in [3.63, 3.8) is 0 Å². The first-order valence-corrected chi connectivity index (χ1v) is 16.8. The summed E-state index contributed by atoms with van der Waals surface area (Å²) in [6, 6.07) is 25.1. The summed E-state index contributed by atoms with van der Waals surface area (Å²) in [5.41, 5.74) is 6.03. The van der Waals surface area contributed by atoms with Gasteiger partial charge in [0.2, 0.25) is 0 Å². The summed E-state index contributed by atoms with van der Waals surface area (Å²) in [7, 11) is -1.73. The Morgan fingerprint density at radius 2 is 1.31 bits per heavy atom. The van der Waals surface area contributed by atoms with Crippen molar-refractivity contribution < 1.29 is 4.79 Å². The van der Waals surface area contributed by atoms with Crippen LogP contribution in [0.25, 0.3) is 0 Å². The lowest BCUT2D eigenvalue weighted by molar-refractivity contribution is -0.126. The van der Waals surface area contributed by atoms with Crippen molar-refractivity contribution in [1.82, 2.24) is 0 Å². The Morgan fingerprint density at radius 3 is 1.83 bits per heavy atom. The number of carbonyl (C=O) groups excluding carboxylic acids is 1. The Labute approximate surface area is 216 Å². The van der Waals surface area contributed by atoms with Crippen LogP contribution in [0, 0.1) is 22.8 Å². The van der Waals surface area contributed by atoms with Gasteiger partial charge in [0.1, 0.15) is 8.07 Å². The lowest BCUT2D eigenvalue weighted by Gasteiger charge is -2.28. The van der Waals surface area contributed by atoms with Gasteiger partial charge in [-0.25, -0.2) is 0 Å². The van der Waals surface area contributed by atoms with Crippen LogP contribution in [0.3, 0.4) is 0 Å². The Morgan fingerprint density at radius 1 is 0.800 bits per heavy atom. The first-order chi connectivity index (χ1) is 17.1. The first kappa shape index (κ1) is 27.5. The molecule has 2 aromatic rings. The molecule has 1 saturated carbocycles. The maximum Gasteiger partial charge on any atom is 0.154 e. The Hall–Kier alpha value is -2.11. The van der Waals surface area contributed by atoms with E-state index in [2.05, 4.69) is 92.9 Å². The minimum atomic E-state index is -1.73. The van der Waals surface area contributed by atoms with Gasteiger partial charge >= 0.3 is 0 Å². The minimum Gasteiger partial charge on any atom is -0.298 e. The first-order valence-electron chi connectivity index (χ1n) is 14.2. The summed E-state index contributed by atoms with van der Waals surface area (Å²) in [4.78, 5) is 14.1. The zero-order valence-corrected chi connectivity index (χ0v) is 23.5. The fourth-order valence-corrected chi connectivity index (χ4v) is 10.5. The number of carbonyl (C=O) groups is 1. The molecule has 0 amide bonds. The van der Waals surface area contributed by atoms with Crippen LogP contribution in [-0.2, 0) is 17.6 Å². The quantitative estimate of drug-likeness (QED) is 0.204. The Bertz CT molecular complexity index is 933. The van der Waals surface area contributed by atoms with E-state index in [9.17, 15) is 4.79 Å². The average molecular weight is 487 g/mol. The van der Waals surface area contributed by atoms with Gasteiger partial charge in [0.05, 0.1) is 5.41 Å². The van der Waals surface area contributed by atoms with E-state index in [0.717, 1.165) is 25.7 Å². The lowest BCUT2D eigenvalue weighted by atomic mass is 9.78. The molecule has 35 heavy (non-hydrogen) atoms. The van der Waals surface area contributed by atoms with Gasteiger partial charge in [-0.3, -0.25) is 4.79 Å². The molecule has 2 heteroatoms. The van der Waals surface area contributed by atoms with Gasteiger partial charge in [-0.2, -0.15) is 0 Å². The molecular weight excluding hydrogens is 440 g/mol. The van der Waals surface area contributed by atoms with Crippen molar-refractivity contribution >= 4 is 13.9 Å². The summed E-state index contributed by atoms with van der Waals surface area (Å²) in [6.45, 7) is 6.91. The number of hydrogen-bond donors (Lipinski definition) is 0. The molecule has 188 valence electrons. The SMILES string of the molecule is CCCC[Si](C#C[C@@]1(Cc2ccccc2)CC[C@H](Cc2ccccc2)C1=O)(CCCC)CCCC. The molecule has 1 nitrogen and oxygen atoms in total. The third-order valence-corrected chi connectivity index (χ3v) is 12.6. The monoisotopic (exact) mass is 486 g/mol. The zero-order chi connectivity index (χ0) is 25.0. The van der Waals surface area contributed by atoms with E-state index in [-0.39, 0.29) is 5.92 Å². The molecule has 1 fully saturated rings. The van der Waals surface area contributed by atoms with Crippen molar-refractivity contribution in [3.05, 3.63) is 71.8 Å². The summed E-state index contributed by atoms with van der Waals surface area (Å²) in [5, 5.41) is 0. The minimum absolute atomic E-state index is 0.0911. The van der Waals surface area contributed by atoms with Crippen LogP contribution in [0.15, 0.2) is 60.7 Å². The number of unbranched alkanes of at least 4 members (excludes halogenated alkanes) is 3. The van der Waals surface area contributed by atoms with Crippen molar-refractivity contribution in [2.75, 3.05) is 0 Å². The molecule has 0 bridgehead atoms. The van der Waals surface area contributed by atoms with Gasteiger partial charge in [0, 0.05) is 5.92 Å². The number of Topliss-reactive ketones (excluding diaryl/α,β-unsaturated/α-hetero) is 1. The van der Waals surface area contributed by atoms with Crippen molar-refractivity contribution in [3.8, 4) is 11.5 Å². The van der Waals surface area contributed by atoms with Crippen LogP contribution < -0.4 is 0 Å². The molecule has 0 heterocycles. The van der Waals surface area contributed by atoms with Crippen LogP contribution in [-0.4, -0.2) is 13.9 Å². The highest BCUT2D eigenvalue weighted by molar-refractivity contribution is 6.87. The predicted octanol–water partition coefficient (Wildman–Crippen LogP) is 8.83. The van der Waals surface area contributed by atoms with Gasteiger partial charge in [0.15, 0.2) is 5.78 Å². The van der Waals surface area contributed by atoms with E-state index in [4.69, 9.17) is 0 Å². The van der Waals surface area contributed by atoms with Gasteiger partial charge < -0.3 is 0 Å². The molecule has 0 aromatic heterocycles. The highest BCUT2D eigenvalue weighted by Gasteiger charge is 2.47. The fourth-order valence-electron chi connectivity index (χ4n) is 5.81. The number of ketones is 1. The van der Waals surface area contributed by atoms with Gasteiger partial charge in [-0.1, -0.05) is 126 Å². The Kier molecular flexibility index (Phi) is 10.9. The highest BCUT2D eigenvalue weighted by atomic mass is 28.3. The van der Waals surface area contributed by atoms with Crippen molar-refractivity contribution in [1.29, 1.82) is 0 Å². The van der Waals surface area contributed by atoms with Crippen LogP contribution in [0.1, 0.15) is 83.3 Å². The zero-order valence-electron chi connectivity index (χ0n) is 22.5. The van der Waals surface area contributed by atoms with Crippen LogP contribution in [0.5, 0.6) is 0 Å². The summed E-state index contributed by atoms with van der Waals surface area (Å²) in [6.07, 6.45) is 11.0. The maximum absolute atomic E-state index is 14.1. The molecule has 0 saturated heterocycles. The number of rotatable bonds is 13. The normalized spacial score (nSPS) is 20.0. The van der Waals surface area contributed by atoms with E-state index < -0.39 is 13.5 Å². The molecule has 2 atom stereocenters.